The zero-order valence-electron chi connectivity index (χ0n) is 13.9. The van der Waals surface area contributed by atoms with E-state index >= 15 is 0 Å². The van der Waals surface area contributed by atoms with Crippen molar-refractivity contribution < 1.29 is 24.2 Å². The molecule has 1 atom stereocenters. The second kappa shape index (κ2) is 6.29. The van der Waals surface area contributed by atoms with E-state index in [9.17, 15) is 19.5 Å². The Morgan fingerprint density at radius 3 is 2.19 bits per heavy atom. The van der Waals surface area contributed by atoms with E-state index in [1.54, 1.807) is 0 Å². The number of imide groups is 1. The Bertz CT molecular complexity index is 861. The molecule has 132 valence electrons. The summed E-state index contributed by atoms with van der Waals surface area (Å²) in [6, 6.07) is 14.7. The molecule has 0 radical (unpaired) electrons. The number of aliphatic carboxylic acids is 1. The largest absolute Gasteiger partial charge is 0.480 e. The zero-order valence-corrected chi connectivity index (χ0v) is 13.9. The highest BCUT2D eigenvalue weighted by atomic mass is 16.6. The van der Waals surface area contributed by atoms with E-state index in [0.717, 1.165) is 27.2 Å². The third-order valence-electron chi connectivity index (χ3n) is 5.03. The van der Waals surface area contributed by atoms with Crippen LogP contribution in [0.5, 0.6) is 0 Å². The first kappa shape index (κ1) is 16.3. The number of fused-ring (bicyclic) bond motifs is 3. The van der Waals surface area contributed by atoms with Crippen LogP contribution in [-0.4, -0.2) is 40.6 Å². The SMILES string of the molecule is O=C(O)[C@@H]1CCC(=O)N1C(=O)OCC1c2ccccc2-c2ccccc21. The van der Waals surface area contributed by atoms with Gasteiger partial charge < -0.3 is 9.84 Å². The molecule has 1 fully saturated rings. The summed E-state index contributed by atoms with van der Waals surface area (Å²) in [5.41, 5.74) is 4.32. The van der Waals surface area contributed by atoms with Gasteiger partial charge in [-0.3, -0.25) is 4.79 Å². The summed E-state index contributed by atoms with van der Waals surface area (Å²) < 4.78 is 5.38. The van der Waals surface area contributed by atoms with Gasteiger partial charge in [-0.25, -0.2) is 14.5 Å². The number of rotatable bonds is 3. The number of carboxylic acid groups (broad SMARTS) is 1. The molecule has 2 aromatic carbocycles. The molecule has 1 N–H and O–H groups in total. The minimum atomic E-state index is -1.19. The van der Waals surface area contributed by atoms with Crippen LogP contribution in [0.1, 0.15) is 29.9 Å². The molecule has 1 aliphatic carbocycles. The number of carboxylic acids is 1. The predicted molar refractivity (Wildman–Crippen MR) is 92.6 cm³/mol. The van der Waals surface area contributed by atoms with Gasteiger partial charge in [0.2, 0.25) is 5.91 Å². The Balaban J connectivity index is 1.56. The van der Waals surface area contributed by atoms with Crippen molar-refractivity contribution >= 4 is 18.0 Å². The van der Waals surface area contributed by atoms with Crippen molar-refractivity contribution in [2.75, 3.05) is 6.61 Å². The number of amides is 2. The molecule has 6 nitrogen and oxygen atoms in total. The summed E-state index contributed by atoms with van der Waals surface area (Å²) >= 11 is 0. The van der Waals surface area contributed by atoms with Crippen molar-refractivity contribution in [3.63, 3.8) is 0 Å². The van der Waals surface area contributed by atoms with E-state index in [4.69, 9.17) is 4.74 Å². The Labute approximate surface area is 150 Å². The van der Waals surface area contributed by atoms with E-state index in [1.807, 2.05) is 48.5 Å². The molecule has 2 aliphatic rings. The van der Waals surface area contributed by atoms with Crippen LogP contribution in [0.15, 0.2) is 48.5 Å². The number of hydrogen-bond acceptors (Lipinski definition) is 4. The number of carbonyl (C=O) groups excluding carboxylic acids is 2. The summed E-state index contributed by atoms with van der Waals surface area (Å²) in [5.74, 6) is -1.83. The Hall–Kier alpha value is -3.15. The van der Waals surface area contributed by atoms with Crippen LogP contribution in [0.4, 0.5) is 4.79 Å². The summed E-state index contributed by atoms with van der Waals surface area (Å²) in [5, 5.41) is 9.19. The third-order valence-corrected chi connectivity index (χ3v) is 5.03. The highest BCUT2D eigenvalue weighted by Gasteiger charge is 2.42. The van der Waals surface area contributed by atoms with Gasteiger partial charge in [-0.1, -0.05) is 48.5 Å². The lowest BCUT2D eigenvalue weighted by molar-refractivity contribution is -0.145. The van der Waals surface area contributed by atoms with Gasteiger partial charge in [0, 0.05) is 12.3 Å². The zero-order chi connectivity index (χ0) is 18.3. The Morgan fingerprint density at radius 1 is 1.04 bits per heavy atom. The van der Waals surface area contributed by atoms with Gasteiger partial charge in [0.05, 0.1) is 0 Å². The average molecular weight is 351 g/mol. The van der Waals surface area contributed by atoms with Crippen molar-refractivity contribution in [1.29, 1.82) is 0 Å². The molecule has 0 bridgehead atoms. The summed E-state index contributed by atoms with van der Waals surface area (Å²) in [4.78, 5) is 36.2. The third kappa shape index (κ3) is 2.54. The van der Waals surface area contributed by atoms with Crippen LogP contribution in [0.3, 0.4) is 0 Å². The van der Waals surface area contributed by atoms with Crippen molar-refractivity contribution in [1.82, 2.24) is 4.90 Å². The standard InChI is InChI=1S/C20H17NO5/c22-18-10-9-17(19(23)24)21(18)20(25)26-11-16-14-7-3-1-5-12(14)13-6-2-4-8-15(13)16/h1-8,16-17H,9-11H2,(H,23,24)/t17-/m0/s1. The van der Waals surface area contributed by atoms with E-state index < -0.39 is 24.0 Å². The van der Waals surface area contributed by atoms with Gasteiger partial charge in [-0.15, -0.1) is 0 Å². The van der Waals surface area contributed by atoms with Crippen LogP contribution >= 0.6 is 0 Å². The van der Waals surface area contributed by atoms with Gasteiger partial charge in [0.15, 0.2) is 0 Å². The molecule has 1 saturated heterocycles. The second-order valence-electron chi connectivity index (χ2n) is 6.46. The summed E-state index contributed by atoms with van der Waals surface area (Å²) in [6.07, 6.45) is -0.721. The lowest BCUT2D eigenvalue weighted by atomic mass is 9.98. The van der Waals surface area contributed by atoms with E-state index in [2.05, 4.69) is 0 Å². The summed E-state index contributed by atoms with van der Waals surface area (Å²) in [7, 11) is 0. The fourth-order valence-electron chi connectivity index (χ4n) is 3.81. The van der Waals surface area contributed by atoms with Crippen LogP contribution < -0.4 is 0 Å². The first-order chi connectivity index (χ1) is 12.6. The quantitative estimate of drug-likeness (QED) is 0.919. The molecule has 0 aromatic heterocycles. The summed E-state index contributed by atoms with van der Waals surface area (Å²) in [6.45, 7) is 0.0585. The first-order valence-corrected chi connectivity index (χ1v) is 8.47. The number of ether oxygens (including phenoxy) is 1. The second-order valence-corrected chi connectivity index (χ2v) is 6.46. The minimum absolute atomic E-state index is 0.0428. The number of benzene rings is 2. The Morgan fingerprint density at radius 2 is 1.62 bits per heavy atom. The Kier molecular flexibility index (Phi) is 3.95. The van der Waals surface area contributed by atoms with Gasteiger partial charge >= 0.3 is 12.1 Å². The molecule has 0 unspecified atom stereocenters. The lowest BCUT2D eigenvalue weighted by Gasteiger charge is -2.21. The van der Waals surface area contributed by atoms with E-state index in [0.29, 0.717) is 0 Å². The number of nitrogens with zero attached hydrogens (tertiary/aromatic N) is 1. The molecule has 4 rings (SSSR count). The van der Waals surface area contributed by atoms with Crippen LogP contribution in [0.2, 0.25) is 0 Å². The number of carbonyl (C=O) groups is 3. The van der Waals surface area contributed by atoms with E-state index in [1.165, 1.54) is 0 Å². The maximum Gasteiger partial charge on any atom is 0.417 e. The smallest absolute Gasteiger partial charge is 0.417 e. The topological polar surface area (TPSA) is 83.9 Å². The monoisotopic (exact) mass is 351 g/mol. The average Bonchev–Trinajstić information content (AvgIpc) is 3.18. The maximum atomic E-state index is 12.4. The molecule has 1 heterocycles. The first-order valence-electron chi connectivity index (χ1n) is 8.47. The number of likely N-dealkylation sites (tertiary alicyclic amines) is 1. The molecule has 0 saturated carbocycles. The molecule has 6 heteroatoms. The maximum absolute atomic E-state index is 12.4. The van der Waals surface area contributed by atoms with Crippen molar-refractivity contribution in [2.45, 2.75) is 24.8 Å². The van der Waals surface area contributed by atoms with Crippen LogP contribution in [0, 0.1) is 0 Å². The highest BCUT2D eigenvalue weighted by molar-refractivity contribution is 5.99. The van der Waals surface area contributed by atoms with Crippen LogP contribution in [-0.2, 0) is 14.3 Å². The van der Waals surface area contributed by atoms with Crippen molar-refractivity contribution in [2.24, 2.45) is 0 Å². The number of hydrogen-bond donors (Lipinski definition) is 1. The molecular weight excluding hydrogens is 334 g/mol. The van der Waals surface area contributed by atoms with Gasteiger partial charge in [0.25, 0.3) is 0 Å². The lowest BCUT2D eigenvalue weighted by Crippen LogP contribution is -2.43. The van der Waals surface area contributed by atoms with Crippen molar-refractivity contribution in [3.05, 3.63) is 59.7 Å². The molecule has 2 amide bonds. The van der Waals surface area contributed by atoms with Crippen molar-refractivity contribution in [3.8, 4) is 11.1 Å². The fraction of sp³-hybridized carbons (Fsp3) is 0.250. The highest BCUT2D eigenvalue weighted by Crippen LogP contribution is 2.44. The molecule has 0 spiro atoms. The van der Waals surface area contributed by atoms with Crippen LogP contribution in [0.25, 0.3) is 11.1 Å². The molecule has 2 aromatic rings. The minimum Gasteiger partial charge on any atom is -0.480 e. The van der Waals surface area contributed by atoms with Gasteiger partial charge in [-0.2, -0.15) is 0 Å². The van der Waals surface area contributed by atoms with Gasteiger partial charge in [0.1, 0.15) is 12.6 Å². The molecular formula is C20H17NO5. The molecule has 1 aliphatic heterocycles. The predicted octanol–water partition coefficient (Wildman–Crippen LogP) is 3.01. The normalized spacial score (nSPS) is 18.5. The fourth-order valence-corrected chi connectivity index (χ4v) is 3.81. The van der Waals surface area contributed by atoms with Gasteiger partial charge in [-0.05, 0) is 28.7 Å². The van der Waals surface area contributed by atoms with E-state index in [-0.39, 0.29) is 25.4 Å². The molecule has 26 heavy (non-hydrogen) atoms.